The summed E-state index contributed by atoms with van der Waals surface area (Å²) in [5.74, 6) is 1.64. The molecule has 3 nitrogen and oxygen atoms in total. The molecule has 1 fully saturated rings. The molecule has 3 heteroatoms. The molecule has 1 aromatic carbocycles. The van der Waals surface area contributed by atoms with E-state index in [9.17, 15) is 0 Å². The van der Waals surface area contributed by atoms with Crippen LogP contribution in [0.5, 0.6) is 5.75 Å². The summed E-state index contributed by atoms with van der Waals surface area (Å²) in [4.78, 5) is 0. The first-order valence-electron chi connectivity index (χ1n) is 8.15. The number of nitrogens with one attached hydrogen (secondary N) is 1. The lowest BCUT2D eigenvalue weighted by Crippen LogP contribution is -2.34. The Morgan fingerprint density at radius 1 is 1.38 bits per heavy atom. The Labute approximate surface area is 128 Å². The molecular formula is C18H27NO2. The number of ether oxygens (including phenoxy) is 2. The lowest BCUT2D eigenvalue weighted by atomic mass is 9.84. The van der Waals surface area contributed by atoms with Gasteiger partial charge < -0.3 is 14.8 Å². The fourth-order valence-corrected chi connectivity index (χ4v) is 3.52. The largest absolute Gasteiger partial charge is 0.492 e. The van der Waals surface area contributed by atoms with Crippen molar-refractivity contribution in [2.24, 2.45) is 5.92 Å². The fraction of sp³-hybridized carbons (Fsp3) is 0.667. The molecule has 0 saturated carbocycles. The van der Waals surface area contributed by atoms with Gasteiger partial charge in [-0.2, -0.15) is 0 Å². The van der Waals surface area contributed by atoms with Crippen LogP contribution in [-0.2, 0) is 10.2 Å². The minimum atomic E-state index is 0.101. The maximum Gasteiger partial charge on any atom is 0.123 e. The van der Waals surface area contributed by atoms with Crippen molar-refractivity contribution in [2.45, 2.75) is 51.7 Å². The van der Waals surface area contributed by atoms with Crippen LogP contribution in [0.1, 0.15) is 51.3 Å². The molecular weight excluding hydrogens is 262 g/mol. The van der Waals surface area contributed by atoms with E-state index >= 15 is 0 Å². The van der Waals surface area contributed by atoms with Crippen molar-refractivity contribution in [2.75, 3.05) is 19.8 Å². The quantitative estimate of drug-likeness (QED) is 0.921. The minimum absolute atomic E-state index is 0.101. The molecule has 116 valence electrons. The summed E-state index contributed by atoms with van der Waals surface area (Å²) in [7, 11) is 0. The highest BCUT2D eigenvalue weighted by Crippen LogP contribution is 2.41. The maximum absolute atomic E-state index is 6.01. The number of hydrogen-bond acceptors (Lipinski definition) is 3. The topological polar surface area (TPSA) is 30.5 Å². The Morgan fingerprint density at radius 3 is 2.86 bits per heavy atom. The van der Waals surface area contributed by atoms with Crippen molar-refractivity contribution < 1.29 is 9.47 Å². The van der Waals surface area contributed by atoms with Crippen LogP contribution < -0.4 is 10.1 Å². The number of rotatable bonds is 4. The zero-order chi connectivity index (χ0) is 15.0. The van der Waals surface area contributed by atoms with E-state index in [4.69, 9.17) is 9.47 Å². The predicted octanol–water partition coefficient (Wildman–Crippen LogP) is 3.43. The molecule has 0 aromatic heterocycles. The molecule has 2 heterocycles. The van der Waals surface area contributed by atoms with Gasteiger partial charge in [0.05, 0.1) is 18.8 Å². The van der Waals surface area contributed by atoms with Crippen LogP contribution in [0.25, 0.3) is 0 Å². The highest BCUT2D eigenvalue weighted by atomic mass is 16.5. The van der Waals surface area contributed by atoms with Crippen molar-refractivity contribution in [3.05, 3.63) is 29.3 Å². The average Bonchev–Trinajstić information content (AvgIpc) is 3.00. The molecule has 0 amide bonds. The SMILES string of the molecule is CCNC(c1ccc2c(c1)C(C)(C)CO2)C1OCCC1C. The first-order chi connectivity index (χ1) is 10.0. The molecule has 3 unspecified atom stereocenters. The van der Waals surface area contributed by atoms with Crippen molar-refractivity contribution in [1.82, 2.24) is 5.32 Å². The summed E-state index contributed by atoms with van der Waals surface area (Å²) in [6.45, 7) is 11.6. The summed E-state index contributed by atoms with van der Waals surface area (Å²) in [6, 6.07) is 6.92. The van der Waals surface area contributed by atoms with Gasteiger partial charge in [-0.1, -0.05) is 33.8 Å². The molecule has 2 aliphatic rings. The first-order valence-corrected chi connectivity index (χ1v) is 8.15. The zero-order valence-electron chi connectivity index (χ0n) is 13.6. The van der Waals surface area contributed by atoms with Crippen molar-refractivity contribution in [3.8, 4) is 5.75 Å². The van der Waals surface area contributed by atoms with E-state index in [-0.39, 0.29) is 17.6 Å². The first kappa shape index (κ1) is 14.9. The van der Waals surface area contributed by atoms with E-state index in [0.717, 1.165) is 31.9 Å². The lowest BCUT2D eigenvalue weighted by Gasteiger charge is -2.28. The minimum Gasteiger partial charge on any atom is -0.492 e. The van der Waals surface area contributed by atoms with Gasteiger partial charge in [0.25, 0.3) is 0 Å². The summed E-state index contributed by atoms with van der Waals surface area (Å²) < 4.78 is 11.8. The van der Waals surface area contributed by atoms with Gasteiger partial charge in [0.15, 0.2) is 0 Å². The third-order valence-corrected chi connectivity index (χ3v) is 4.88. The van der Waals surface area contributed by atoms with Crippen LogP contribution in [0.2, 0.25) is 0 Å². The molecule has 3 rings (SSSR count). The molecule has 21 heavy (non-hydrogen) atoms. The van der Waals surface area contributed by atoms with Gasteiger partial charge in [0.2, 0.25) is 0 Å². The molecule has 3 atom stereocenters. The second-order valence-corrected chi connectivity index (χ2v) is 7.06. The van der Waals surface area contributed by atoms with Gasteiger partial charge in [0, 0.05) is 17.6 Å². The van der Waals surface area contributed by atoms with Crippen molar-refractivity contribution in [3.63, 3.8) is 0 Å². The van der Waals surface area contributed by atoms with Gasteiger partial charge in [-0.15, -0.1) is 0 Å². The molecule has 1 aromatic rings. The highest BCUT2D eigenvalue weighted by molar-refractivity contribution is 5.46. The second-order valence-electron chi connectivity index (χ2n) is 7.06. The van der Waals surface area contributed by atoms with Gasteiger partial charge in [-0.25, -0.2) is 0 Å². The monoisotopic (exact) mass is 289 g/mol. The fourth-order valence-electron chi connectivity index (χ4n) is 3.52. The molecule has 0 aliphatic carbocycles. The van der Waals surface area contributed by atoms with Gasteiger partial charge in [-0.05, 0) is 36.6 Å². The summed E-state index contributed by atoms with van der Waals surface area (Å²) in [5.41, 5.74) is 2.76. The van der Waals surface area contributed by atoms with E-state index in [1.165, 1.54) is 11.1 Å². The normalized spacial score (nSPS) is 28.2. The van der Waals surface area contributed by atoms with E-state index in [0.29, 0.717) is 5.92 Å². The van der Waals surface area contributed by atoms with Gasteiger partial charge >= 0.3 is 0 Å². The molecule has 0 radical (unpaired) electrons. The van der Waals surface area contributed by atoms with Crippen LogP contribution >= 0.6 is 0 Å². The smallest absolute Gasteiger partial charge is 0.123 e. The Bertz CT molecular complexity index is 512. The van der Waals surface area contributed by atoms with Crippen LogP contribution in [0, 0.1) is 5.92 Å². The zero-order valence-corrected chi connectivity index (χ0v) is 13.6. The highest BCUT2D eigenvalue weighted by Gasteiger charge is 2.36. The van der Waals surface area contributed by atoms with Crippen LogP contribution in [-0.4, -0.2) is 25.9 Å². The van der Waals surface area contributed by atoms with Gasteiger partial charge in [-0.3, -0.25) is 0 Å². The lowest BCUT2D eigenvalue weighted by molar-refractivity contribution is 0.0612. The standard InChI is InChI=1S/C18H27NO2/c1-5-19-16(17-12(2)8-9-20-17)13-6-7-15-14(10-13)18(3,4)11-21-15/h6-7,10,12,16-17,19H,5,8-9,11H2,1-4H3. The van der Waals surface area contributed by atoms with Crippen molar-refractivity contribution in [1.29, 1.82) is 0 Å². The van der Waals surface area contributed by atoms with Crippen molar-refractivity contribution >= 4 is 0 Å². The summed E-state index contributed by atoms with van der Waals surface area (Å²) >= 11 is 0. The average molecular weight is 289 g/mol. The molecule has 2 aliphatic heterocycles. The van der Waals surface area contributed by atoms with E-state index in [2.05, 4.69) is 51.2 Å². The number of hydrogen-bond donors (Lipinski definition) is 1. The Balaban J connectivity index is 1.93. The third kappa shape index (κ3) is 2.69. The summed E-state index contributed by atoms with van der Waals surface area (Å²) in [6.07, 6.45) is 1.43. The maximum atomic E-state index is 6.01. The number of fused-ring (bicyclic) bond motifs is 1. The molecule has 0 bridgehead atoms. The number of likely N-dealkylation sites (N-methyl/N-ethyl adjacent to an activating group) is 1. The molecule has 0 spiro atoms. The van der Waals surface area contributed by atoms with E-state index in [1.54, 1.807) is 0 Å². The Morgan fingerprint density at radius 2 is 2.19 bits per heavy atom. The molecule has 1 saturated heterocycles. The van der Waals surface area contributed by atoms with E-state index in [1.807, 2.05) is 0 Å². The van der Waals surface area contributed by atoms with Crippen LogP contribution in [0.15, 0.2) is 18.2 Å². The third-order valence-electron chi connectivity index (χ3n) is 4.88. The second kappa shape index (κ2) is 5.62. The summed E-state index contributed by atoms with van der Waals surface area (Å²) in [5, 5.41) is 3.62. The van der Waals surface area contributed by atoms with Gasteiger partial charge in [0.1, 0.15) is 5.75 Å². The Kier molecular flexibility index (Phi) is 3.98. The predicted molar refractivity (Wildman–Crippen MR) is 84.9 cm³/mol. The van der Waals surface area contributed by atoms with E-state index < -0.39 is 0 Å². The van der Waals surface area contributed by atoms with Crippen LogP contribution in [0.3, 0.4) is 0 Å². The Hall–Kier alpha value is -1.06. The molecule has 1 N–H and O–H groups in total. The van der Waals surface area contributed by atoms with Crippen LogP contribution in [0.4, 0.5) is 0 Å². The number of benzene rings is 1.